The summed E-state index contributed by atoms with van der Waals surface area (Å²) < 4.78 is 0. The minimum Gasteiger partial charge on any atom is -0.391 e. The number of nitrogens with zero attached hydrogens (tertiary/aromatic N) is 3. The van der Waals surface area contributed by atoms with Gasteiger partial charge in [-0.25, -0.2) is 0 Å². The van der Waals surface area contributed by atoms with E-state index in [1.807, 2.05) is 0 Å². The fourth-order valence-corrected chi connectivity index (χ4v) is 1.89. The second-order valence-electron chi connectivity index (χ2n) is 3.82. The minimum atomic E-state index is -2.80. The van der Waals surface area contributed by atoms with Crippen molar-refractivity contribution in [3.05, 3.63) is 53.1 Å². The molecule has 0 heterocycles. The van der Waals surface area contributed by atoms with Crippen molar-refractivity contribution in [2.45, 2.75) is 11.6 Å². The zero-order valence-corrected chi connectivity index (χ0v) is 9.59. The third-order valence-corrected chi connectivity index (χ3v) is 2.71. The van der Waals surface area contributed by atoms with E-state index in [0.29, 0.717) is 0 Å². The van der Waals surface area contributed by atoms with Gasteiger partial charge >= 0.3 is 11.4 Å². The predicted molar refractivity (Wildman–Crippen MR) is 60.2 cm³/mol. The van der Waals surface area contributed by atoms with E-state index in [2.05, 4.69) is 0 Å². The molecule has 0 bridgehead atoms. The zero-order valence-electron chi connectivity index (χ0n) is 9.59. The van der Waals surface area contributed by atoms with Crippen molar-refractivity contribution in [3.8, 4) is 0 Å². The standard InChI is InChI=1S/C7H8N6O7/c8-2-4(11(15)16)3(9)6(13(19)20)7(10,1-14)5(2)12(17)18/h1,5H,8-10H2. The molecule has 2 atom stereocenters. The Labute approximate surface area is 109 Å². The molecule has 0 aromatic carbocycles. The minimum absolute atomic E-state index is 0.283. The summed E-state index contributed by atoms with van der Waals surface area (Å²) in [5.74, 6) is 0. The van der Waals surface area contributed by atoms with Crippen LogP contribution in [-0.2, 0) is 4.79 Å². The smallest absolute Gasteiger partial charge is 0.324 e. The van der Waals surface area contributed by atoms with Crippen LogP contribution in [0.4, 0.5) is 0 Å². The van der Waals surface area contributed by atoms with Crippen molar-refractivity contribution < 1.29 is 19.6 Å². The molecule has 2 unspecified atom stereocenters. The monoisotopic (exact) mass is 288 g/mol. The highest BCUT2D eigenvalue weighted by Crippen LogP contribution is 2.33. The second-order valence-corrected chi connectivity index (χ2v) is 3.82. The molecule has 13 heteroatoms. The summed E-state index contributed by atoms with van der Waals surface area (Å²) in [6.45, 7) is 0. The average Bonchev–Trinajstić information content (AvgIpc) is 2.26. The van der Waals surface area contributed by atoms with Crippen LogP contribution < -0.4 is 17.2 Å². The van der Waals surface area contributed by atoms with Gasteiger partial charge in [-0.3, -0.25) is 30.3 Å². The molecular formula is C7H8N6O7. The largest absolute Gasteiger partial charge is 0.391 e. The highest BCUT2D eigenvalue weighted by atomic mass is 16.6. The fraction of sp³-hybridized carbons (Fsp3) is 0.286. The molecule has 0 saturated carbocycles. The van der Waals surface area contributed by atoms with Gasteiger partial charge in [0.1, 0.15) is 0 Å². The molecule has 0 radical (unpaired) electrons. The van der Waals surface area contributed by atoms with E-state index in [-0.39, 0.29) is 6.29 Å². The maximum Gasteiger partial charge on any atom is 0.324 e. The molecule has 0 aliphatic heterocycles. The first kappa shape index (κ1) is 15.0. The van der Waals surface area contributed by atoms with Gasteiger partial charge < -0.3 is 22.0 Å². The molecule has 0 spiro atoms. The first-order chi connectivity index (χ1) is 9.09. The molecule has 6 N–H and O–H groups in total. The van der Waals surface area contributed by atoms with Gasteiger partial charge in [0.25, 0.3) is 6.04 Å². The normalized spacial score (nSPS) is 26.4. The average molecular weight is 288 g/mol. The maximum absolute atomic E-state index is 11.0. The van der Waals surface area contributed by atoms with Gasteiger partial charge in [-0.15, -0.1) is 0 Å². The highest BCUT2D eigenvalue weighted by Gasteiger charge is 2.62. The number of hydrogen-bond donors (Lipinski definition) is 3. The van der Waals surface area contributed by atoms with Gasteiger partial charge in [-0.2, -0.15) is 0 Å². The van der Waals surface area contributed by atoms with Gasteiger partial charge in [-0.1, -0.05) is 0 Å². The molecule has 1 aliphatic carbocycles. The number of carbonyl (C=O) groups is 1. The van der Waals surface area contributed by atoms with Crippen LogP contribution in [0.5, 0.6) is 0 Å². The van der Waals surface area contributed by atoms with E-state index in [1.165, 1.54) is 0 Å². The quantitative estimate of drug-likeness (QED) is 0.278. The van der Waals surface area contributed by atoms with Crippen LogP contribution in [0, 0.1) is 30.3 Å². The van der Waals surface area contributed by atoms with Crippen molar-refractivity contribution in [2.75, 3.05) is 0 Å². The molecule has 20 heavy (non-hydrogen) atoms. The van der Waals surface area contributed by atoms with Crippen molar-refractivity contribution >= 4 is 6.29 Å². The molecule has 0 fully saturated rings. The number of carbonyl (C=O) groups excluding carboxylic acids is 1. The molecule has 0 amide bonds. The third kappa shape index (κ3) is 1.81. The summed E-state index contributed by atoms with van der Waals surface area (Å²) in [5.41, 5.74) is 8.37. The van der Waals surface area contributed by atoms with Crippen LogP contribution in [0.15, 0.2) is 22.8 Å². The van der Waals surface area contributed by atoms with Crippen LogP contribution in [0.3, 0.4) is 0 Å². The van der Waals surface area contributed by atoms with Crippen LogP contribution in [0.25, 0.3) is 0 Å². The van der Waals surface area contributed by atoms with Crippen molar-refractivity contribution in [3.63, 3.8) is 0 Å². The summed E-state index contributed by atoms with van der Waals surface area (Å²) in [7, 11) is 0. The molecule has 0 aromatic rings. The number of nitrogens with two attached hydrogens (primary N) is 3. The molecular weight excluding hydrogens is 280 g/mol. The molecule has 13 nitrogen and oxygen atoms in total. The number of hydrogen-bond acceptors (Lipinski definition) is 10. The van der Waals surface area contributed by atoms with Gasteiger partial charge in [0, 0.05) is 4.92 Å². The Morgan fingerprint density at radius 2 is 1.60 bits per heavy atom. The van der Waals surface area contributed by atoms with Gasteiger partial charge in [-0.05, 0) is 0 Å². The van der Waals surface area contributed by atoms with E-state index >= 15 is 0 Å². The lowest BCUT2D eigenvalue weighted by atomic mass is 9.81. The molecule has 108 valence electrons. The van der Waals surface area contributed by atoms with E-state index in [0.717, 1.165) is 0 Å². The topological polar surface area (TPSA) is 225 Å². The lowest BCUT2D eigenvalue weighted by molar-refractivity contribution is -0.533. The van der Waals surface area contributed by atoms with Gasteiger partial charge in [0.15, 0.2) is 17.7 Å². The highest BCUT2D eigenvalue weighted by molar-refractivity contribution is 5.73. The summed E-state index contributed by atoms with van der Waals surface area (Å²) >= 11 is 0. The van der Waals surface area contributed by atoms with Crippen LogP contribution >= 0.6 is 0 Å². The van der Waals surface area contributed by atoms with Crippen molar-refractivity contribution in [1.82, 2.24) is 0 Å². The Morgan fingerprint density at radius 1 is 1.10 bits per heavy atom. The Bertz CT molecular complexity index is 594. The Kier molecular flexibility index (Phi) is 3.40. The fourth-order valence-electron chi connectivity index (χ4n) is 1.89. The number of rotatable bonds is 4. The van der Waals surface area contributed by atoms with E-state index in [1.54, 1.807) is 0 Å². The Balaban J connectivity index is 3.84. The summed E-state index contributed by atoms with van der Waals surface area (Å²) in [5, 5.41) is 32.6. The number of aldehydes is 1. The molecule has 0 aromatic heterocycles. The molecule has 1 aliphatic rings. The van der Waals surface area contributed by atoms with E-state index < -0.39 is 49.1 Å². The first-order valence-corrected chi connectivity index (χ1v) is 4.77. The number of nitro groups is 3. The van der Waals surface area contributed by atoms with Crippen LogP contribution in [-0.4, -0.2) is 32.6 Å². The summed E-state index contributed by atoms with van der Waals surface area (Å²) in [6, 6.07) is -2.37. The Morgan fingerprint density at radius 3 is 1.90 bits per heavy atom. The second kappa shape index (κ2) is 4.54. The first-order valence-electron chi connectivity index (χ1n) is 4.77. The van der Waals surface area contributed by atoms with E-state index in [4.69, 9.17) is 17.2 Å². The zero-order chi connectivity index (χ0) is 15.8. The Hall–Kier alpha value is -3.09. The molecule has 0 saturated heterocycles. The lowest BCUT2D eigenvalue weighted by Crippen LogP contribution is -2.63. The summed E-state index contributed by atoms with van der Waals surface area (Å²) in [4.78, 5) is 39.9. The van der Waals surface area contributed by atoms with E-state index in [9.17, 15) is 35.1 Å². The van der Waals surface area contributed by atoms with Crippen molar-refractivity contribution in [2.24, 2.45) is 17.2 Å². The lowest BCUT2D eigenvalue weighted by Gasteiger charge is -2.27. The third-order valence-electron chi connectivity index (χ3n) is 2.71. The van der Waals surface area contributed by atoms with Gasteiger partial charge in [0.05, 0.1) is 9.85 Å². The summed E-state index contributed by atoms with van der Waals surface area (Å²) in [6.07, 6.45) is -0.283. The van der Waals surface area contributed by atoms with Gasteiger partial charge in [0.2, 0.25) is 5.54 Å². The predicted octanol–water partition coefficient (Wildman–Crippen LogP) is -2.56. The maximum atomic E-state index is 11.0. The molecule has 1 rings (SSSR count). The van der Waals surface area contributed by atoms with Crippen molar-refractivity contribution in [1.29, 1.82) is 0 Å². The van der Waals surface area contributed by atoms with Crippen LogP contribution in [0.2, 0.25) is 0 Å². The van der Waals surface area contributed by atoms with Crippen LogP contribution in [0.1, 0.15) is 0 Å². The SMILES string of the molecule is NC1=C([N+](=O)[O-])C(N)(C=O)C([N+](=O)[O-])C(N)=C1[N+](=O)[O-].